The second-order valence-corrected chi connectivity index (χ2v) is 8.57. The molecule has 0 saturated heterocycles. The van der Waals surface area contributed by atoms with Gasteiger partial charge in [-0.3, -0.25) is 14.6 Å². The number of amides is 2. The molecular weight excluding hydrogens is 374 g/mol. The molecule has 0 radical (unpaired) electrons. The molecule has 1 aromatic carbocycles. The number of hydrogen-bond acceptors (Lipinski definition) is 3. The maximum atomic E-state index is 13.7. The zero-order valence-corrected chi connectivity index (χ0v) is 17.8. The van der Waals surface area contributed by atoms with Crippen LogP contribution in [-0.4, -0.2) is 33.8 Å². The quantitative estimate of drug-likeness (QED) is 0.773. The molecule has 1 aliphatic heterocycles. The predicted octanol–water partition coefficient (Wildman–Crippen LogP) is 4.44. The monoisotopic (exact) mass is 405 g/mol. The number of carbonyl (C=O) groups is 2. The summed E-state index contributed by atoms with van der Waals surface area (Å²) in [6.45, 7) is 3.34. The first-order chi connectivity index (χ1) is 14.7. The fourth-order valence-corrected chi connectivity index (χ4v) is 5.28. The van der Waals surface area contributed by atoms with Gasteiger partial charge in [0.2, 0.25) is 5.91 Å². The van der Waals surface area contributed by atoms with Crippen molar-refractivity contribution in [2.45, 2.75) is 69.9 Å². The Morgan fingerprint density at radius 3 is 2.60 bits per heavy atom. The molecule has 2 amide bonds. The molecule has 1 N–H and O–H groups in total. The second kappa shape index (κ2) is 8.99. The van der Waals surface area contributed by atoms with E-state index in [9.17, 15) is 9.59 Å². The van der Waals surface area contributed by atoms with Crippen molar-refractivity contribution in [1.82, 2.24) is 15.2 Å². The molecule has 1 unspecified atom stereocenters. The lowest BCUT2D eigenvalue weighted by Crippen LogP contribution is -2.62. The van der Waals surface area contributed by atoms with Crippen LogP contribution >= 0.6 is 0 Å². The van der Waals surface area contributed by atoms with Crippen molar-refractivity contribution in [3.63, 3.8) is 0 Å². The summed E-state index contributed by atoms with van der Waals surface area (Å²) in [5.74, 6) is -0.209. The lowest BCUT2D eigenvalue weighted by atomic mass is 9.65. The minimum absolute atomic E-state index is 0.0233. The molecule has 1 spiro atoms. The van der Waals surface area contributed by atoms with E-state index >= 15 is 0 Å². The Morgan fingerprint density at radius 1 is 1.13 bits per heavy atom. The molecule has 2 heterocycles. The van der Waals surface area contributed by atoms with E-state index in [2.05, 4.69) is 22.1 Å². The summed E-state index contributed by atoms with van der Waals surface area (Å²) in [7, 11) is 0. The number of rotatable bonds is 6. The number of nitrogens with one attached hydrogen (secondary N) is 1. The first kappa shape index (κ1) is 20.6. The lowest BCUT2D eigenvalue weighted by molar-refractivity contribution is -0.127. The summed E-state index contributed by atoms with van der Waals surface area (Å²) in [6, 6.07) is 11.6. The molecule has 1 aliphatic carbocycles. The topological polar surface area (TPSA) is 62.3 Å². The molecule has 5 nitrogen and oxygen atoms in total. The molecule has 1 saturated carbocycles. The lowest BCUT2D eigenvalue weighted by Gasteiger charge is -2.53. The summed E-state index contributed by atoms with van der Waals surface area (Å²) in [5.41, 5.74) is 2.19. The summed E-state index contributed by atoms with van der Waals surface area (Å²) >= 11 is 0. The molecule has 1 atom stereocenters. The van der Waals surface area contributed by atoms with E-state index in [4.69, 9.17) is 0 Å². The van der Waals surface area contributed by atoms with Crippen LogP contribution in [0.4, 0.5) is 0 Å². The molecule has 158 valence electrons. The summed E-state index contributed by atoms with van der Waals surface area (Å²) in [4.78, 5) is 33.3. The van der Waals surface area contributed by atoms with Crippen LogP contribution in [0.2, 0.25) is 0 Å². The Hall–Kier alpha value is -2.69. The summed E-state index contributed by atoms with van der Waals surface area (Å²) in [5, 5.41) is 3.17. The normalized spacial score (nSPS) is 20.1. The van der Waals surface area contributed by atoms with Crippen molar-refractivity contribution in [3.8, 4) is 0 Å². The largest absolute Gasteiger partial charge is 0.351 e. The van der Waals surface area contributed by atoms with Crippen LogP contribution in [0.1, 0.15) is 79.3 Å². The molecule has 4 rings (SSSR count). The Bertz CT molecular complexity index is 890. The Balaban J connectivity index is 1.72. The van der Waals surface area contributed by atoms with E-state index in [0.29, 0.717) is 12.1 Å². The number of aromatic nitrogens is 1. The average molecular weight is 406 g/mol. The molecular formula is C25H31N3O2. The van der Waals surface area contributed by atoms with Gasteiger partial charge in [-0.1, -0.05) is 50.8 Å². The minimum atomic E-state index is -0.415. The first-order valence-corrected chi connectivity index (χ1v) is 11.2. The predicted molar refractivity (Wildman–Crippen MR) is 117 cm³/mol. The zero-order valence-electron chi connectivity index (χ0n) is 17.8. The van der Waals surface area contributed by atoms with Gasteiger partial charge in [0.1, 0.15) is 0 Å². The molecule has 2 aromatic rings. The van der Waals surface area contributed by atoms with Crippen molar-refractivity contribution in [3.05, 3.63) is 65.5 Å². The molecule has 1 aromatic heterocycles. The van der Waals surface area contributed by atoms with E-state index in [-0.39, 0.29) is 17.7 Å². The Kier molecular flexibility index (Phi) is 6.16. The van der Waals surface area contributed by atoms with Gasteiger partial charge in [0.25, 0.3) is 5.91 Å². The molecule has 5 heteroatoms. The molecule has 0 bridgehead atoms. The molecule has 30 heavy (non-hydrogen) atoms. The fraction of sp³-hybridized carbons (Fsp3) is 0.480. The third kappa shape index (κ3) is 3.73. The van der Waals surface area contributed by atoms with Gasteiger partial charge in [-0.25, -0.2) is 0 Å². The highest BCUT2D eigenvalue weighted by molar-refractivity contribution is 6.02. The highest BCUT2D eigenvalue weighted by Crippen LogP contribution is 2.49. The Morgan fingerprint density at radius 2 is 1.87 bits per heavy atom. The number of nitrogens with zero attached hydrogens (tertiary/aromatic N) is 2. The van der Waals surface area contributed by atoms with Gasteiger partial charge < -0.3 is 10.2 Å². The standard InChI is InChI=1S/C25H31N3O2/c1-2-3-17-28-24(30)21-10-6-5-9-20(21)22(25(28)13-7-4-8-14-25)23(29)27-18-19-11-15-26-16-12-19/h5-6,9-12,15-16,22H,2-4,7-8,13-14,17-18H2,1H3,(H,27,29). The maximum Gasteiger partial charge on any atom is 0.254 e. The van der Waals surface area contributed by atoms with Crippen LogP contribution < -0.4 is 5.32 Å². The number of benzene rings is 1. The van der Waals surface area contributed by atoms with Gasteiger partial charge in [-0.05, 0) is 48.6 Å². The van der Waals surface area contributed by atoms with Gasteiger partial charge in [0.05, 0.1) is 11.5 Å². The van der Waals surface area contributed by atoms with Crippen molar-refractivity contribution in [2.24, 2.45) is 0 Å². The van der Waals surface area contributed by atoms with Crippen LogP contribution in [0.3, 0.4) is 0 Å². The summed E-state index contributed by atoms with van der Waals surface area (Å²) in [6.07, 6.45) is 10.6. The Labute approximate surface area is 178 Å². The minimum Gasteiger partial charge on any atom is -0.351 e. The fourth-order valence-electron chi connectivity index (χ4n) is 5.28. The van der Waals surface area contributed by atoms with E-state index in [1.165, 1.54) is 6.42 Å². The third-order valence-corrected chi connectivity index (χ3v) is 6.76. The SMILES string of the molecule is CCCCN1C(=O)c2ccccc2C(C(=O)NCc2ccncc2)C12CCCCC2. The van der Waals surface area contributed by atoms with Crippen molar-refractivity contribution in [1.29, 1.82) is 0 Å². The number of carbonyl (C=O) groups excluding carboxylic acids is 2. The van der Waals surface area contributed by atoms with Gasteiger partial charge in [0, 0.05) is 31.0 Å². The maximum absolute atomic E-state index is 13.7. The number of hydrogen-bond donors (Lipinski definition) is 1. The van der Waals surface area contributed by atoms with Crippen LogP contribution in [0, 0.1) is 0 Å². The molecule has 1 fully saturated rings. The average Bonchev–Trinajstić information content (AvgIpc) is 2.79. The van der Waals surface area contributed by atoms with Crippen LogP contribution in [0.15, 0.2) is 48.8 Å². The van der Waals surface area contributed by atoms with Gasteiger partial charge in [-0.15, -0.1) is 0 Å². The van der Waals surface area contributed by atoms with Gasteiger partial charge in [0.15, 0.2) is 0 Å². The van der Waals surface area contributed by atoms with Crippen molar-refractivity contribution < 1.29 is 9.59 Å². The van der Waals surface area contributed by atoms with Crippen molar-refractivity contribution >= 4 is 11.8 Å². The number of pyridine rings is 1. The van der Waals surface area contributed by atoms with Crippen molar-refractivity contribution in [2.75, 3.05) is 6.54 Å². The van der Waals surface area contributed by atoms with E-state index in [1.807, 2.05) is 36.4 Å². The number of unbranched alkanes of at least 4 members (excludes halogenated alkanes) is 1. The first-order valence-electron chi connectivity index (χ1n) is 11.2. The summed E-state index contributed by atoms with van der Waals surface area (Å²) < 4.78 is 0. The second-order valence-electron chi connectivity index (χ2n) is 8.57. The number of fused-ring (bicyclic) bond motifs is 1. The third-order valence-electron chi connectivity index (χ3n) is 6.76. The molecule has 2 aliphatic rings. The highest BCUT2D eigenvalue weighted by atomic mass is 16.2. The smallest absolute Gasteiger partial charge is 0.254 e. The van der Waals surface area contributed by atoms with E-state index in [1.54, 1.807) is 12.4 Å². The zero-order chi connectivity index (χ0) is 21.0. The van der Waals surface area contributed by atoms with Crippen LogP contribution in [-0.2, 0) is 11.3 Å². The van der Waals surface area contributed by atoms with Gasteiger partial charge in [-0.2, -0.15) is 0 Å². The van der Waals surface area contributed by atoms with E-state index in [0.717, 1.165) is 56.2 Å². The highest BCUT2D eigenvalue weighted by Gasteiger charge is 2.54. The van der Waals surface area contributed by atoms with Gasteiger partial charge >= 0.3 is 0 Å². The van der Waals surface area contributed by atoms with Crippen LogP contribution in [0.5, 0.6) is 0 Å². The van der Waals surface area contributed by atoms with E-state index < -0.39 is 5.54 Å². The van der Waals surface area contributed by atoms with Crippen LogP contribution in [0.25, 0.3) is 0 Å².